The molecule has 3 aromatic heterocycles. The van der Waals surface area contributed by atoms with Gasteiger partial charge in [-0.1, -0.05) is 48.5 Å². The molecule has 0 fully saturated rings. The lowest BCUT2D eigenvalue weighted by Crippen LogP contribution is -1.99. The topological polar surface area (TPSA) is 70.3 Å². The van der Waals surface area contributed by atoms with Crippen molar-refractivity contribution in [3.63, 3.8) is 0 Å². The van der Waals surface area contributed by atoms with E-state index >= 15 is 0 Å². The highest BCUT2D eigenvalue weighted by molar-refractivity contribution is 6.00. The summed E-state index contributed by atoms with van der Waals surface area (Å²) in [4.78, 5) is 14.6. The average Bonchev–Trinajstić information content (AvgIpc) is 3.79. The predicted molar refractivity (Wildman–Crippen MR) is 188 cm³/mol. The molecule has 0 unspecified atom stereocenters. The molecule has 1 N–H and O–H groups in total. The quantitative estimate of drug-likeness (QED) is 0.254. The third-order valence-electron chi connectivity index (χ3n) is 9.38. The molecular weight excluding hydrogens is 538 g/mol. The van der Waals surface area contributed by atoms with Gasteiger partial charge in [-0.05, 0) is 116 Å². The van der Waals surface area contributed by atoms with Crippen LogP contribution in [-0.2, 0) is 25.8 Å². The average molecular weight is 586 g/mol. The predicted octanol–water partition coefficient (Wildman–Crippen LogP) is 10.5. The van der Waals surface area contributed by atoms with Gasteiger partial charge in [0, 0.05) is 40.3 Å². The van der Waals surface area contributed by atoms with Gasteiger partial charge in [0.25, 0.3) is 0 Å². The SMILES string of the molecule is CCC1=C(CC)c2nc1cc1ccc(cc3c(CC)c(CC)c(c(C=CC#N)c4nc(c2CC)C(CC)=C4CC)n3CC)[nH]1. The van der Waals surface area contributed by atoms with Crippen LogP contribution in [0.25, 0.3) is 50.4 Å². The van der Waals surface area contributed by atoms with Gasteiger partial charge in [0.15, 0.2) is 0 Å². The lowest BCUT2D eigenvalue weighted by molar-refractivity contribution is 0.821. The van der Waals surface area contributed by atoms with Gasteiger partial charge in [0.2, 0.25) is 0 Å². The van der Waals surface area contributed by atoms with Crippen molar-refractivity contribution >= 4 is 50.4 Å². The molecule has 0 aromatic carbocycles. The molecule has 44 heavy (non-hydrogen) atoms. The molecule has 2 aliphatic rings. The van der Waals surface area contributed by atoms with Crippen molar-refractivity contribution in [3.05, 3.63) is 75.4 Å². The van der Waals surface area contributed by atoms with Crippen LogP contribution in [0.15, 0.2) is 30.3 Å². The minimum atomic E-state index is 0.818. The van der Waals surface area contributed by atoms with Gasteiger partial charge in [0.05, 0.1) is 34.4 Å². The normalized spacial score (nSPS) is 13.4. The monoisotopic (exact) mass is 585 g/mol. The van der Waals surface area contributed by atoms with Crippen LogP contribution >= 0.6 is 0 Å². The standard InChI is InChI=1S/C39H47N5/c1-9-26-28(11-3)36-32(15-7)37-29(12-4)30(13-5)38(43-37)33(18-17-21-40)39-31(14-6)27(10-2)35(44(39)16-8)23-25-20-19-24(41-25)22-34(26)42-36/h17-20,22-23,41H,9-16H2,1-8H3. The van der Waals surface area contributed by atoms with Gasteiger partial charge in [-0.3, -0.25) is 0 Å². The third-order valence-corrected chi connectivity index (χ3v) is 9.38. The fourth-order valence-electron chi connectivity index (χ4n) is 7.51. The first-order valence-electron chi connectivity index (χ1n) is 16.7. The van der Waals surface area contributed by atoms with Crippen LogP contribution in [0.2, 0.25) is 0 Å². The van der Waals surface area contributed by atoms with Crippen molar-refractivity contribution in [2.75, 3.05) is 0 Å². The van der Waals surface area contributed by atoms with E-state index in [1.807, 2.05) is 6.08 Å². The Kier molecular flexibility index (Phi) is 9.39. The number of nitrogens with zero attached hydrogens (tertiary/aromatic N) is 4. The van der Waals surface area contributed by atoms with E-state index in [1.54, 1.807) is 6.08 Å². The molecule has 3 aromatic rings. The van der Waals surface area contributed by atoms with Gasteiger partial charge in [-0.25, -0.2) is 9.97 Å². The number of allylic oxidation sites excluding steroid dienone is 5. The molecule has 5 rings (SSSR count). The Morgan fingerprint density at radius 3 is 1.82 bits per heavy atom. The van der Waals surface area contributed by atoms with Crippen molar-refractivity contribution in [2.24, 2.45) is 0 Å². The smallest absolute Gasteiger partial charge is 0.0912 e. The second-order valence-electron chi connectivity index (χ2n) is 11.5. The number of aromatic nitrogens is 4. The summed E-state index contributed by atoms with van der Waals surface area (Å²) in [6.07, 6.45) is 9.94. The van der Waals surface area contributed by atoms with Crippen LogP contribution in [0.4, 0.5) is 0 Å². The largest absolute Gasteiger partial charge is 0.355 e. The summed E-state index contributed by atoms with van der Waals surface area (Å²) in [7, 11) is 0. The number of nitriles is 1. The molecule has 8 bridgehead atoms. The lowest BCUT2D eigenvalue weighted by atomic mass is 9.92. The zero-order valence-corrected chi connectivity index (χ0v) is 27.9. The minimum absolute atomic E-state index is 0.818. The Bertz CT molecular complexity index is 1900. The highest BCUT2D eigenvalue weighted by Crippen LogP contribution is 2.43. The molecule has 228 valence electrons. The molecule has 0 spiro atoms. The molecule has 0 saturated carbocycles. The molecule has 0 saturated heterocycles. The zero-order chi connectivity index (χ0) is 31.5. The second-order valence-corrected chi connectivity index (χ2v) is 11.5. The number of aromatic amines is 1. The van der Waals surface area contributed by atoms with Crippen LogP contribution < -0.4 is 0 Å². The van der Waals surface area contributed by atoms with Crippen molar-refractivity contribution in [1.29, 1.82) is 5.26 Å². The van der Waals surface area contributed by atoms with E-state index in [4.69, 9.17) is 9.97 Å². The van der Waals surface area contributed by atoms with Crippen molar-refractivity contribution in [1.82, 2.24) is 19.5 Å². The molecule has 5 heteroatoms. The highest BCUT2D eigenvalue weighted by atomic mass is 15.0. The zero-order valence-electron chi connectivity index (χ0n) is 27.9. The Balaban J connectivity index is 2.17. The number of nitrogens with one attached hydrogen (secondary N) is 1. The highest BCUT2D eigenvalue weighted by Gasteiger charge is 2.28. The first-order chi connectivity index (χ1) is 21.4. The van der Waals surface area contributed by atoms with E-state index in [0.717, 1.165) is 90.9 Å². The van der Waals surface area contributed by atoms with E-state index in [1.165, 1.54) is 50.0 Å². The number of rotatable bonds is 9. The summed E-state index contributed by atoms with van der Waals surface area (Å²) in [5, 5.41) is 9.76. The Labute approximate surface area is 263 Å². The summed E-state index contributed by atoms with van der Waals surface area (Å²) >= 11 is 0. The van der Waals surface area contributed by atoms with E-state index in [2.05, 4.69) is 95.3 Å². The first-order valence-corrected chi connectivity index (χ1v) is 16.7. The second kappa shape index (κ2) is 13.2. The number of hydrogen-bond donors (Lipinski definition) is 1. The maximum absolute atomic E-state index is 9.76. The van der Waals surface area contributed by atoms with Crippen LogP contribution in [0.3, 0.4) is 0 Å². The summed E-state index contributed by atoms with van der Waals surface area (Å²) in [6.45, 7) is 18.7. The van der Waals surface area contributed by atoms with E-state index in [9.17, 15) is 5.26 Å². The minimum Gasteiger partial charge on any atom is -0.355 e. The van der Waals surface area contributed by atoms with Crippen LogP contribution in [0.5, 0.6) is 0 Å². The van der Waals surface area contributed by atoms with Gasteiger partial charge in [0.1, 0.15) is 0 Å². The molecule has 0 aliphatic carbocycles. The van der Waals surface area contributed by atoms with E-state index in [-0.39, 0.29) is 0 Å². The van der Waals surface area contributed by atoms with Crippen molar-refractivity contribution in [2.45, 2.75) is 107 Å². The fourth-order valence-corrected chi connectivity index (χ4v) is 7.51. The molecule has 5 nitrogen and oxygen atoms in total. The molecular formula is C39H47N5. The lowest BCUT2D eigenvalue weighted by Gasteiger charge is -2.11. The summed E-state index contributed by atoms with van der Waals surface area (Å²) in [5.74, 6) is 0. The fraction of sp³-hybridized carbons (Fsp3) is 0.410. The number of fused-ring (bicyclic) bond motifs is 8. The maximum Gasteiger partial charge on any atom is 0.0912 e. The van der Waals surface area contributed by atoms with Crippen LogP contribution in [0, 0.1) is 11.3 Å². The van der Waals surface area contributed by atoms with Crippen LogP contribution in [0.1, 0.15) is 126 Å². The van der Waals surface area contributed by atoms with E-state index < -0.39 is 0 Å². The Morgan fingerprint density at radius 2 is 1.25 bits per heavy atom. The van der Waals surface area contributed by atoms with Gasteiger partial charge in [-0.15, -0.1) is 0 Å². The number of hydrogen-bond acceptors (Lipinski definition) is 3. The summed E-state index contributed by atoms with van der Waals surface area (Å²) < 4.78 is 2.45. The number of aryl methyl sites for hydroxylation is 3. The number of H-pyrrole nitrogens is 1. The van der Waals surface area contributed by atoms with Crippen molar-refractivity contribution < 1.29 is 0 Å². The van der Waals surface area contributed by atoms with Crippen molar-refractivity contribution in [3.8, 4) is 6.07 Å². The van der Waals surface area contributed by atoms with Crippen LogP contribution in [-0.4, -0.2) is 19.5 Å². The molecule has 0 amide bonds. The van der Waals surface area contributed by atoms with E-state index in [0.29, 0.717) is 0 Å². The molecule has 2 aliphatic heterocycles. The third kappa shape index (κ3) is 5.05. The summed E-state index contributed by atoms with van der Waals surface area (Å²) in [5.41, 5.74) is 19.0. The Morgan fingerprint density at radius 1 is 0.682 bits per heavy atom. The first kappa shape index (κ1) is 31.3. The maximum atomic E-state index is 9.76. The molecule has 0 atom stereocenters. The van der Waals surface area contributed by atoms with Gasteiger partial charge >= 0.3 is 0 Å². The summed E-state index contributed by atoms with van der Waals surface area (Å²) in [6, 6.07) is 11.1. The Hall–Kier alpha value is -4.17. The van der Waals surface area contributed by atoms with Gasteiger partial charge in [-0.2, -0.15) is 5.26 Å². The van der Waals surface area contributed by atoms with Gasteiger partial charge < -0.3 is 9.55 Å². The molecule has 5 heterocycles. The molecule has 0 radical (unpaired) electrons.